The summed E-state index contributed by atoms with van der Waals surface area (Å²) >= 11 is 17.5. The van der Waals surface area contributed by atoms with Gasteiger partial charge in [-0.2, -0.15) is 13.2 Å². The Bertz CT molecular complexity index is 3150. The van der Waals surface area contributed by atoms with Crippen LogP contribution >= 0.6 is 34.8 Å². The maximum absolute atomic E-state index is 12.8. The van der Waals surface area contributed by atoms with Gasteiger partial charge in [0, 0.05) is 32.7 Å². The summed E-state index contributed by atoms with van der Waals surface area (Å²) in [5.41, 5.74) is 17.0. The zero-order chi connectivity index (χ0) is 73.5. The number of nitrogen functional groups attached to an aromatic ring is 1. The van der Waals surface area contributed by atoms with Gasteiger partial charge in [-0.3, -0.25) is 0 Å². The molecule has 0 aromatic heterocycles. The van der Waals surface area contributed by atoms with Crippen molar-refractivity contribution < 1.29 is 44.9 Å². The molecule has 8 aromatic carbocycles. The second kappa shape index (κ2) is 47.3. The smallest absolute Gasteiger partial charge is 0.497 e. The molecule has 530 valence electrons. The van der Waals surface area contributed by atoms with Crippen LogP contribution in [0.25, 0.3) is 0 Å². The molecule has 8 aromatic rings. The SMILES string of the molecule is CC(C)CC(F)(F)F.CC(C)Cc1cccc(Cl)c1.CC(C)c1ccc(Cl)cc1.CC(C)c1ccccc1Cl.CC(C)c1ccccc1F.CC(C)c1ccccc1N.CC(C)c1ccccc1OC(F)(F)F.COc1ccc(OC)c(C(C)C)c1.Cc1ccc(C(C)C)cc1. The molecule has 96 heavy (non-hydrogen) atoms. The third kappa shape index (κ3) is 40.8. The average molecular weight is 1400 g/mol. The van der Waals surface area contributed by atoms with Gasteiger partial charge in [-0.05, 0) is 172 Å². The van der Waals surface area contributed by atoms with Crippen molar-refractivity contribution in [1.29, 1.82) is 0 Å². The fraction of sp³-hybridized carbons (Fsp3) is 0.415. The zero-order valence-electron chi connectivity index (χ0n) is 60.6. The molecule has 0 heterocycles. The molecule has 0 aliphatic carbocycles. The number of halogens is 10. The van der Waals surface area contributed by atoms with E-state index in [1.54, 1.807) is 46.3 Å². The number of hydrogen-bond acceptors (Lipinski definition) is 4. The molecule has 0 aliphatic heterocycles. The fourth-order valence-electron chi connectivity index (χ4n) is 8.79. The molecule has 0 saturated heterocycles. The van der Waals surface area contributed by atoms with Crippen LogP contribution < -0.4 is 19.9 Å². The van der Waals surface area contributed by atoms with E-state index in [9.17, 15) is 30.7 Å². The van der Waals surface area contributed by atoms with Crippen LogP contribution in [0.5, 0.6) is 17.2 Å². The highest BCUT2D eigenvalue weighted by Gasteiger charge is 2.32. The summed E-state index contributed by atoms with van der Waals surface area (Å²) in [6.07, 6.45) is -8.16. The molecule has 0 spiro atoms. The first-order chi connectivity index (χ1) is 44.7. The van der Waals surface area contributed by atoms with Crippen LogP contribution in [0.3, 0.4) is 0 Å². The number of hydrogen-bond donors (Lipinski definition) is 1. The second-order valence-electron chi connectivity index (χ2n) is 25.9. The Morgan fingerprint density at radius 1 is 0.396 bits per heavy atom. The molecule has 0 saturated carbocycles. The van der Waals surface area contributed by atoms with Gasteiger partial charge in [-0.1, -0.05) is 286 Å². The van der Waals surface area contributed by atoms with E-state index >= 15 is 0 Å². The largest absolute Gasteiger partial charge is 0.573 e. The molecule has 0 bridgehead atoms. The summed E-state index contributed by atoms with van der Waals surface area (Å²) in [4.78, 5) is 0. The first-order valence-electron chi connectivity index (χ1n) is 32.8. The van der Waals surface area contributed by atoms with Crippen molar-refractivity contribution in [2.24, 2.45) is 11.8 Å². The van der Waals surface area contributed by atoms with Gasteiger partial charge in [0.1, 0.15) is 23.1 Å². The minimum absolute atomic E-state index is 0.00792. The van der Waals surface area contributed by atoms with Gasteiger partial charge in [0.05, 0.1) is 14.2 Å². The van der Waals surface area contributed by atoms with Gasteiger partial charge in [0.25, 0.3) is 0 Å². The lowest BCUT2D eigenvalue weighted by molar-refractivity contribution is -0.275. The number of para-hydroxylation sites is 2. The third-order valence-corrected chi connectivity index (χ3v) is 14.8. The Labute approximate surface area is 588 Å². The van der Waals surface area contributed by atoms with E-state index < -0.39 is 19.0 Å². The normalized spacial score (nSPS) is 10.8. The number of alkyl halides is 6. The minimum atomic E-state index is -4.62. The van der Waals surface area contributed by atoms with Crippen molar-refractivity contribution in [2.45, 2.75) is 198 Å². The summed E-state index contributed by atoms with van der Waals surface area (Å²) < 4.78 is 96.9. The zero-order valence-corrected chi connectivity index (χ0v) is 62.9. The number of ether oxygens (including phenoxy) is 3. The molecule has 8 rings (SSSR count). The molecule has 0 amide bonds. The van der Waals surface area contributed by atoms with E-state index in [0.717, 1.165) is 44.2 Å². The molecule has 0 atom stereocenters. The first-order valence-corrected chi connectivity index (χ1v) is 33.9. The topological polar surface area (TPSA) is 53.7 Å². The van der Waals surface area contributed by atoms with E-state index in [1.165, 1.54) is 57.1 Å². The highest BCUT2D eigenvalue weighted by atomic mass is 35.5. The molecule has 14 heteroatoms. The summed E-state index contributed by atoms with van der Waals surface area (Å²) in [5, 5.41) is 2.52. The molecule has 0 fully saturated rings. The van der Waals surface area contributed by atoms with Crippen LogP contribution in [0.4, 0.5) is 36.4 Å². The van der Waals surface area contributed by atoms with Gasteiger partial charge < -0.3 is 19.9 Å². The van der Waals surface area contributed by atoms with Crippen LogP contribution in [0.15, 0.2) is 188 Å². The lowest BCUT2D eigenvalue weighted by atomic mass is 10.0. The summed E-state index contributed by atoms with van der Waals surface area (Å²) in [5.74, 6) is 5.05. The molecule has 0 radical (unpaired) electrons. The van der Waals surface area contributed by atoms with Crippen molar-refractivity contribution in [1.82, 2.24) is 0 Å². The van der Waals surface area contributed by atoms with Crippen LogP contribution in [0.2, 0.25) is 15.1 Å². The first kappa shape index (κ1) is 89.3. The van der Waals surface area contributed by atoms with E-state index in [2.05, 4.69) is 149 Å². The standard InChI is InChI=1S/C11H16O2.C10H13Cl.C10H11F3O.C10H14.2C9H11Cl.C9H11F.C9H13N.C5H9F3/c1-8(2)10-7-9(12-3)5-6-11(10)13-4;1-8(2)6-9-4-3-5-10(11)7-9;1-7(2)8-5-3-4-6-9(8)14-10(11,12)13;1-8(2)10-6-4-9(3)5-7-10;1-7(2)8-3-5-9(10)6-4-8;3*1-7(2)8-5-3-4-6-9(8)10;1-4(2)3-5(6,7)8/h5-8H,1-4H3;3-5,7-8H,6H2,1-2H3;3-7H,1-2H3;4-8H,1-3H3;3*3-7H,1-2H3;3-7H,10H2,1-2H3;4H,3H2,1-2H3. The number of methoxy groups -OCH3 is 2. The van der Waals surface area contributed by atoms with Gasteiger partial charge >= 0.3 is 12.5 Å². The third-order valence-electron chi connectivity index (χ3n) is 14.0. The molecule has 0 aliphatic rings. The minimum Gasteiger partial charge on any atom is -0.497 e. The monoisotopic (exact) mass is 1390 g/mol. The van der Waals surface area contributed by atoms with Crippen molar-refractivity contribution >= 4 is 40.5 Å². The van der Waals surface area contributed by atoms with E-state index in [1.807, 2.05) is 125 Å². The highest BCUT2D eigenvalue weighted by molar-refractivity contribution is 6.31. The summed E-state index contributed by atoms with van der Waals surface area (Å²) in [7, 11) is 3.36. The van der Waals surface area contributed by atoms with Gasteiger partial charge in [0.2, 0.25) is 0 Å². The van der Waals surface area contributed by atoms with Crippen LogP contribution in [0.1, 0.15) is 223 Å². The van der Waals surface area contributed by atoms with Gasteiger partial charge in [0.15, 0.2) is 0 Å². The average Bonchev–Trinajstić information content (AvgIpc) is 0.922. The van der Waals surface area contributed by atoms with Crippen LogP contribution in [-0.2, 0) is 6.42 Å². The number of rotatable bonds is 13. The van der Waals surface area contributed by atoms with Crippen LogP contribution in [-0.4, -0.2) is 26.8 Å². The van der Waals surface area contributed by atoms with E-state index in [0.29, 0.717) is 41.1 Å². The maximum Gasteiger partial charge on any atom is 0.573 e. The van der Waals surface area contributed by atoms with Crippen molar-refractivity contribution in [2.75, 3.05) is 20.0 Å². The van der Waals surface area contributed by atoms with Crippen molar-refractivity contribution in [3.63, 3.8) is 0 Å². The molecular weight excluding hydrogens is 1290 g/mol. The lowest BCUT2D eigenvalue weighted by Gasteiger charge is -2.14. The lowest BCUT2D eigenvalue weighted by Crippen LogP contribution is -2.18. The Balaban J connectivity index is 0.00000106. The Kier molecular flexibility index (Phi) is 44.0. The summed E-state index contributed by atoms with van der Waals surface area (Å²) in [6, 6.07) is 59.6. The quantitative estimate of drug-likeness (QED) is 0.0923. The highest BCUT2D eigenvalue weighted by Crippen LogP contribution is 2.32. The number of benzene rings is 8. The number of nitrogens with two attached hydrogens (primary N) is 1. The molecular formula is C82H109Cl3F7NO3. The molecule has 4 nitrogen and oxygen atoms in total. The predicted molar refractivity (Wildman–Crippen MR) is 398 cm³/mol. The van der Waals surface area contributed by atoms with Crippen molar-refractivity contribution in [3.8, 4) is 17.2 Å². The van der Waals surface area contributed by atoms with Crippen LogP contribution in [0, 0.1) is 24.6 Å². The molecule has 0 unspecified atom stereocenters. The second-order valence-corrected chi connectivity index (χ2v) is 27.1. The van der Waals surface area contributed by atoms with E-state index in [4.69, 9.17) is 50.0 Å². The summed E-state index contributed by atoms with van der Waals surface area (Å²) in [6.45, 7) is 38.8. The predicted octanol–water partition coefficient (Wildman–Crippen LogP) is 28.1. The van der Waals surface area contributed by atoms with Gasteiger partial charge in [-0.25, -0.2) is 4.39 Å². The molecule has 2 N–H and O–H groups in total. The fourth-order valence-corrected chi connectivity index (χ4v) is 9.48. The van der Waals surface area contributed by atoms with E-state index in [-0.39, 0.29) is 29.3 Å². The Hall–Kier alpha value is -6.66. The Morgan fingerprint density at radius 2 is 0.844 bits per heavy atom. The Morgan fingerprint density at radius 3 is 1.21 bits per heavy atom. The van der Waals surface area contributed by atoms with Gasteiger partial charge in [-0.15, -0.1) is 13.2 Å². The van der Waals surface area contributed by atoms with Crippen molar-refractivity contribution in [3.05, 3.63) is 259 Å². The number of anilines is 1. The maximum atomic E-state index is 12.8. The number of aryl methyl sites for hydroxylation is 1.